The predicted molar refractivity (Wildman–Crippen MR) is 109 cm³/mol. The van der Waals surface area contributed by atoms with Crippen molar-refractivity contribution in [1.29, 1.82) is 0 Å². The van der Waals surface area contributed by atoms with E-state index in [4.69, 9.17) is 4.42 Å². The van der Waals surface area contributed by atoms with Gasteiger partial charge in [0.15, 0.2) is 0 Å². The lowest BCUT2D eigenvalue weighted by Crippen LogP contribution is -2.38. The van der Waals surface area contributed by atoms with Crippen LogP contribution >= 0.6 is 11.3 Å². The van der Waals surface area contributed by atoms with Crippen molar-refractivity contribution in [2.75, 3.05) is 25.5 Å². The topological polar surface area (TPSA) is 87.5 Å². The molecule has 0 atom stereocenters. The highest BCUT2D eigenvalue weighted by atomic mass is 32.1. The maximum absolute atomic E-state index is 12.3. The van der Waals surface area contributed by atoms with Gasteiger partial charge in [0, 0.05) is 16.6 Å². The Morgan fingerprint density at radius 2 is 2.00 bits per heavy atom. The summed E-state index contributed by atoms with van der Waals surface area (Å²) in [6.45, 7) is 2.51. The molecule has 0 saturated heterocycles. The Kier molecular flexibility index (Phi) is 6.57. The Morgan fingerprint density at radius 1 is 1.18 bits per heavy atom. The maximum atomic E-state index is 12.3. The molecule has 0 aliphatic heterocycles. The van der Waals surface area contributed by atoms with Crippen LogP contribution in [0.1, 0.15) is 10.8 Å². The van der Waals surface area contributed by atoms with E-state index >= 15 is 0 Å². The molecular formula is C20H22N4O3S. The summed E-state index contributed by atoms with van der Waals surface area (Å²) < 4.78 is 5.17. The van der Waals surface area contributed by atoms with Crippen LogP contribution in [0.15, 0.2) is 52.5 Å². The first-order chi connectivity index (χ1) is 13.5. The predicted octanol–water partition coefficient (Wildman–Crippen LogP) is 2.90. The van der Waals surface area contributed by atoms with E-state index in [0.717, 1.165) is 16.3 Å². The van der Waals surface area contributed by atoms with Crippen molar-refractivity contribution in [2.24, 2.45) is 0 Å². The first-order valence-electron chi connectivity index (χ1n) is 8.79. The minimum atomic E-state index is -0.187. The van der Waals surface area contributed by atoms with Gasteiger partial charge in [-0.3, -0.25) is 14.5 Å². The summed E-state index contributed by atoms with van der Waals surface area (Å²) in [4.78, 5) is 30.4. The maximum Gasteiger partial charge on any atom is 0.238 e. The van der Waals surface area contributed by atoms with Crippen molar-refractivity contribution in [1.82, 2.24) is 15.2 Å². The third kappa shape index (κ3) is 5.77. The zero-order valence-corrected chi connectivity index (χ0v) is 16.6. The Balaban J connectivity index is 1.47. The van der Waals surface area contributed by atoms with Gasteiger partial charge in [0.2, 0.25) is 11.8 Å². The van der Waals surface area contributed by atoms with Crippen LogP contribution in [-0.4, -0.2) is 41.8 Å². The molecule has 3 rings (SSSR count). The molecule has 2 amide bonds. The lowest BCUT2D eigenvalue weighted by molar-refractivity contribution is -0.123. The van der Waals surface area contributed by atoms with E-state index in [2.05, 4.69) is 15.6 Å². The number of anilines is 1. The van der Waals surface area contributed by atoms with Crippen LogP contribution in [0.5, 0.6) is 0 Å². The zero-order valence-electron chi connectivity index (χ0n) is 15.8. The average molecular weight is 398 g/mol. The number of furan rings is 1. The zero-order chi connectivity index (χ0) is 19.9. The number of carbonyl (C=O) groups excluding carboxylic acids is 2. The highest BCUT2D eigenvalue weighted by Gasteiger charge is 2.12. The molecule has 0 radical (unpaired) electrons. The molecule has 1 aromatic carbocycles. The number of benzene rings is 1. The number of hydrogen-bond acceptors (Lipinski definition) is 6. The molecule has 0 fully saturated rings. The molecule has 146 valence electrons. The summed E-state index contributed by atoms with van der Waals surface area (Å²) in [7, 11) is 1.72. The summed E-state index contributed by atoms with van der Waals surface area (Å²) in [6.07, 6.45) is 1.56. The van der Waals surface area contributed by atoms with Gasteiger partial charge in [0.05, 0.1) is 36.6 Å². The van der Waals surface area contributed by atoms with Crippen LogP contribution in [-0.2, 0) is 16.1 Å². The van der Waals surface area contributed by atoms with Crippen LogP contribution in [0.3, 0.4) is 0 Å². The van der Waals surface area contributed by atoms with Gasteiger partial charge >= 0.3 is 0 Å². The number of thiazole rings is 1. The van der Waals surface area contributed by atoms with E-state index < -0.39 is 0 Å². The summed E-state index contributed by atoms with van der Waals surface area (Å²) in [6, 6.07) is 11.1. The monoisotopic (exact) mass is 398 g/mol. The molecule has 0 unspecified atom stereocenters. The van der Waals surface area contributed by atoms with Crippen molar-refractivity contribution < 1.29 is 14.0 Å². The summed E-state index contributed by atoms with van der Waals surface area (Å²) in [5, 5.41) is 8.61. The minimum Gasteiger partial charge on any atom is -0.467 e. The van der Waals surface area contributed by atoms with E-state index in [1.54, 1.807) is 41.7 Å². The molecule has 2 aromatic heterocycles. The number of aromatic nitrogens is 1. The van der Waals surface area contributed by atoms with Crippen molar-refractivity contribution >= 4 is 28.8 Å². The quantitative estimate of drug-likeness (QED) is 0.609. The lowest BCUT2D eigenvalue weighted by Gasteiger charge is -2.16. The first-order valence-corrected chi connectivity index (χ1v) is 9.67. The van der Waals surface area contributed by atoms with E-state index in [-0.39, 0.29) is 24.9 Å². The fraction of sp³-hybridized carbons (Fsp3) is 0.250. The second-order valence-corrected chi connectivity index (χ2v) is 7.47. The number of hydrogen-bond donors (Lipinski definition) is 2. The number of likely N-dealkylation sites (N-methyl/N-ethyl adjacent to an activating group) is 1. The minimum absolute atomic E-state index is 0.105. The molecule has 0 bridgehead atoms. The summed E-state index contributed by atoms with van der Waals surface area (Å²) >= 11 is 1.59. The van der Waals surface area contributed by atoms with Gasteiger partial charge in [-0.2, -0.15) is 0 Å². The number of amides is 2. The van der Waals surface area contributed by atoms with E-state index in [9.17, 15) is 9.59 Å². The van der Waals surface area contributed by atoms with E-state index in [1.165, 1.54) is 0 Å². The second kappa shape index (κ2) is 9.29. The van der Waals surface area contributed by atoms with E-state index in [1.807, 2.05) is 36.6 Å². The Morgan fingerprint density at radius 3 is 2.71 bits per heavy atom. The Labute approximate surface area is 167 Å². The van der Waals surface area contributed by atoms with Crippen LogP contribution in [0.25, 0.3) is 11.3 Å². The van der Waals surface area contributed by atoms with Crippen LogP contribution in [0, 0.1) is 6.92 Å². The number of rotatable bonds is 8. The molecule has 2 heterocycles. The number of nitrogens with one attached hydrogen (secondary N) is 2. The van der Waals surface area contributed by atoms with Crippen molar-refractivity contribution in [3.05, 3.63) is 58.8 Å². The van der Waals surface area contributed by atoms with Crippen molar-refractivity contribution in [3.8, 4) is 11.3 Å². The molecule has 0 spiro atoms. The van der Waals surface area contributed by atoms with E-state index in [0.29, 0.717) is 18.0 Å². The molecule has 0 aliphatic carbocycles. The number of carbonyl (C=O) groups is 2. The smallest absolute Gasteiger partial charge is 0.238 e. The molecule has 7 nitrogen and oxygen atoms in total. The molecule has 28 heavy (non-hydrogen) atoms. The van der Waals surface area contributed by atoms with Crippen LogP contribution in [0.2, 0.25) is 0 Å². The van der Waals surface area contributed by atoms with Gasteiger partial charge in [-0.15, -0.1) is 11.3 Å². The molecule has 2 N–H and O–H groups in total. The normalized spacial score (nSPS) is 10.8. The fourth-order valence-corrected chi connectivity index (χ4v) is 3.28. The van der Waals surface area contributed by atoms with Crippen LogP contribution < -0.4 is 10.6 Å². The number of nitrogens with zero attached hydrogens (tertiary/aromatic N) is 2. The SMILES string of the molecule is Cc1nc(-c2cccc(NC(=O)CN(C)CC(=O)NCc3ccco3)c2)cs1. The van der Waals surface area contributed by atoms with Crippen LogP contribution in [0.4, 0.5) is 5.69 Å². The highest BCUT2D eigenvalue weighted by molar-refractivity contribution is 7.09. The molecule has 0 saturated carbocycles. The van der Waals surface area contributed by atoms with Crippen molar-refractivity contribution in [3.63, 3.8) is 0 Å². The highest BCUT2D eigenvalue weighted by Crippen LogP contribution is 2.24. The van der Waals surface area contributed by atoms with Gasteiger partial charge in [0.25, 0.3) is 0 Å². The van der Waals surface area contributed by atoms with Gasteiger partial charge < -0.3 is 15.1 Å². The molecule has 3 aromatic rings. The van der Waals surface area contributed by atoms with Gasteiger partial charge in [0.1, 0.15) is 5.76 Å². The third-order valence-electron chi connectivity index (χ3n) is 3.93. The average Bonchev–Trinajstić information content (AvgIpc) is 3.31. The van der Waals surface area contributed by atoms with Gasteiger partial charge in [-0.05, 0) is 38.2 Å². The molecule has 0 aliphatic rings. The fourth-order valence-electron chi connectivity index (χ4n) is 2.65. The Hall–Kier alpha value is -2.97. The Bertz CT molecular complexity index is 937. The molecular weight excluding hydrogens is 376 g/mol. The van der Waals surface area contributed by atoms with Crippen molar-refractivity contribution in [2.45, 2.75) is 13.5 Å². The summed E-state index contributed by atoms with van der Waals surface area (Å²) in [5.41, 5.74) is 2.54. The number of aryl methyl sites for hydroxylation is 1. The standard InChI is InChI=1S/C20H22N4O3S/c1-14-22-18(13-28-14)15-5-3-6-16(9-15)23-20(26)12-24(2)11-19(25)21-10-17-7-4-8-27-17/h3-9,13H,10-12H2,1-2H3,(H,21,25)(H,23,26). The van der Waals surface area contributed by atoms with Gasteiger partial charge in [-0.1, -0.05) is 12.1 Å². The largest absolute Gasteiger partial charge is 0.467 e. The lowest BCUT2D eigenvalue weighted by atomic mass is 10.1. The molecule has 8 heteroatoms. The van der Waals surface area contributed by atoms with Gasteiger partial charge in [-0.25, -0.2) is 4.98 Å². The summed E-state index contributed by atoms with van der Waals surface area (Å²) in [5.74, 6) is 0.324. The first kappa shape index (κ1) is 19.8. The third-order valence-corrected chi connectivity index (χ3v) is 4.70. The second-order valence-electron chi connectivity index (χ2n) is 6.41.